The van der Waals surface area contributed by atoms with Crippen molar-refractivity contribution in [2.45, 2.75) is 79.2 Å². The molecule has 1 atom stereocenters. The molecule has 0 fully saturated rings. The van der Waals surface area contributed by atoms with E-state index in [1.54, 1.807) is 13.0 Å². The molecule has 0 aliphatic heterocycles. The van der Waals surface area contributed by atoms with Gasteiger partial charge in [0, 0.05) is 17.2 Å². The molecular formula is C29H43NO5S. The summed E-state index contributed by atoms with van der Waals surface area (Å²) in [6, 6.07) is 12.0. The number of hydrogen-bond donors (Lipinski definition) is 2. The van der Waals surface area contributed by atoms with Crippen LogP contribution in [0.1, 0.15) is 87.0 Å². The molecule has 2 rings (SSSR count). The summed E-state index contributed by atoms with van der Waals surface area (Å²) < 4.78 is 28.9. The van der Waals surface area contributed by atoms with Crippen molar-refractivity contribution in [3.63, 3.8) is 0 Å². The Morgan fingerprint density at radius 1 is 0.944 bits per heavy atom. The molecule has 0 saturated carbocycles. The van der Waals surface area contributed by atoms with Crippen LogP contribution in [0.2, 0.25) is 0 Å². The Hall–Kier alpha value is -2.38. The summed E-state index contributed by atoms with van der Waals surface area (Å²) >= 11 is 0. The Labute approximate surface area is 217 Å². The Balaban J connectivity index is 2.38. The van der Waals surface area contributed by atoms with Gasteiger partial charge in [-0.25, -0.2) is 8.42 Å². The van der Waals surface area contributed by atoms with Gasteiger partial charge in [0.2, 0.25) is 0 Å². The molecule has 36 heavy (non-hydrogen) atoms. The minimum absolute atomic E-state index is 0.200. The van der Waals surface area contributed by atoms with Crippen LogP contribution in [0.3, 0.4) is 0 Å². The number of nitrogens with one attached hydrogen (secondary N) is 1. The van der Waals surface area contributed by atoms with Crippen LogP contribution in [0.15, 0.2) is 36.4 Å². The van der Waals surface area contributed by atoms with Gasteiger partial charge in [-0.1, -0.05) is 58.9 Å². The van der Waals surface area contributed by atoms with Crippen molar-refractivity contribution in [3.8, 4) is 5.75 Å². The fourth-order valence-corrected chi connectivity index (χ4v) is 4.68. The smallest absolute Gasteiger partial charge is 0.252 e. The van der Waals surface area contributed by atoms with Gasteiger partial charge >= 0.3 is 0 Å². The van der Waals surface area contributed by atoms with Crippen molar-refractivity contribution in [1.82, 2.24) is 5.32 Å². The molecule has 0 spiro atoms. The molecule has 0 bridgehead atoms. The van der Waals surface area contributed by atoms with Crippen LogP contribution in [0, 0.1) is 19.3 Å². The highest BCUT2D eigenvalue weighted by Crippen LogP contribution is 2.41. The lowest BCUT2D eigenvalue weighted by Gasteiger charge is -2.37. The van der Waals surface area contributed by atoms with Crippen LogP contribution in [-0.2, 0) is 15.3 Å². The number of sulfone groups is 1. The lowest BCUT2D eigenvalue weighted by molar-refractivity contribution is -0.0725. The second kappa shape index (κ2) is 10.9. The lowest BCUT2D eigenvalue weighted by Crippen LogP contribution is -2.45. The number of aryl methyl sites for hydroxylation is 2. The molecule has 0 aromatic heterocycles. The highest BCUT2D eigenvalue weighted by atomic mass is 32.2. The summed E-state index contributed by atoms with van der Waals surface area (Å²) in [5, 5.41) is 13.3. The predicted octanol–water partition coefficient (Wildman–Crippen LogP) is 5.32. The second-order valence-electron chi connectivity index (χ2n) is 11.2. The van der Waals surface area contributed by atoms with Gasteiger partial charge in [0.1, 0.15) is 23.8 Å². The number of rotatable bonds is 10. The summed E-state index contributed by atoms with van der Waals surface area (Å²) in [6.07, 6.45) is 2.81. The fourth-order valence-electron chi connectivity index (χ4n) is 4.28. The molecule has 200 valence electrons. The van der Waals surface area contributed by atoms with E-state index in [0.717, 1.165) is 47.1 Å². The SMILES string of the molecule is CCC(CC)(c1ccc(OCC(C)(O)C(C)(C)C)c(C)c1)c1ccc(C(=O)NCS(C)(=O)=O)c(C)c1. The molecule has 0 aliphatic rings. The summed E-state index contributed by atoms with van der Waals surface area (Å²) in [5.41, 5.74) is 2.99. The van der Waals surface area contributed by atoms with Gasteiger partial charge in [-0.05, 0) is 73.4 Å². The second-order valence-corrected chi connectivity index (χ2v) is 13.3. The van der Waals surface area contributed by atoms with Crippen molar-refractivity contribution in [1.29, 1.82) is 0 Å². The van der Waals surface area contributed by atoms with Gasteiger partial charge in [0.15, 0.2) is 9.84 Å². The average Bonchev–Trinajstić information content (AvgIpc) is 2.77. The van der Waals surface area contributed by atoms with Crippen LogP contribution in [0.4, 0.5) is 0 Å². The van der Waals surface area contributed by atoms with Crippen LogP contribution in [0.5, 0.6) is 5.75 Å². The van der Waals surface area contributed by atoms with Gasteiger partial charge in [0.25, 0.3) is 5.91 Å². The van der Waals surface area contributed by atoms with E-state index in [1.807, 2.05) is 52.8 Å². The maximum atomic E-state index is 12.6. The van der Waals surface area contributed by atoms with Crippen LogP contribution in [-0.4, -0.2) is 43.8 Å². The number of carbonyl (C=O) groups excluding carboxylic acids is 1. The van der Waals surface area contributed by atoms with E-state index >= 15 is 0 Å². The molecule has 2 aromatic carbocycles. The molecule has 0 radical (unpaired) electrons. The molecule has 2 aromatic rings. The molecule has 0 heterocycles. The number of amides is 1. The zero-order valence-corrected chi connectivity index (χ0v) is 24.1. The minimum atomic E-state index is -3.30. The minimum Gasteiger partial charge on any atom is -0.490 e. The molecule has 0 aliphatic carbocycles. The largest absolute Gasteiger partial charge is 0.490 e. The summed E-state index contributed by atoms with van der Waals surface area (Å²) in [7, 11) is -3.30. The van der Waals surface area contributed by atoms with E-state index in [-0.39, 0.29) is 23.3 Å². The van der Waals surface area contributed by atoms with Crippen molar-refractivity contribution >= 4 is 15.7 Å². The molecule has 2 N–H and O–H groups in total. The van der Waals surface area contributed by atoms with Gasteiger partial charge in [-0.2, -0.15) is 0 Å². The standard InChI is InChI=1S/C29H43NO5S/c1-10-29(11-2,22-12-14-24(20(3)16-22)26(31)30-19-36(9,33)34)23-13-15-25(21(4)17-23)35-18-28(8,32)27(5,6)7/h12-17,32H,10-11,18-19H2,1-9H3,(H,30,31). The number of hydrogen-bond acceptors (Lipinski definition) is 5. The monoisotopic (exact) mass is 517 g/mol. The number of ether oxygens (including phenoxy) is 1. The zero-order valence-electron chi connectivity index (χ0n) is 23.3. The van der Waals surface area contributed by atoms with Gasteiger partial charge in [-0.3, -0.25) is 4.79 Å². The molecule has 1 amide bonds. The van der Waals surface area contributed by atoms with Crippen molar-refractivity contribution in [2.75, 3.05) is 18.7 Å². The lowest BCUT2D eigenvalue weighted by atomic mass is 9.70. The highest BCUT2D eigenvalue weighted by Gasteiger charge is 2.36. The Morgan fingerprint density at radius 3 is 1.92 bits per heavy atom. The third-order valence-electron chi connectivity index (χ3n) is 7.58. The summed E-state index contributed by atoms with van der Waals surface area (Å²) in [6.45, 7) is 16.2. The fraction of sp³-hybridized carbons (Fsp3) is 0.552. The maximum Gasteiger partial charge on any atom is 0.252 e. The van der Waals surface area contributed by atoms with E-state index in [2.05, 4.69) is 31.3 Å². The van der Waals surface area contributed by atoms with Gasteiger partial charge in [-0.15, -0.1) is 0 Å². The third-order valence-corrected chi connectivity index (χ3v) is 8.25. The zero-order chi connectivity index (χ0) is 27.5. The van der Waals surface area contributed by atoms with E-state index in [1.165, 1.54) is 0 Å². The quantitative estimate of drug-likeness (QED) is 0.445. The number of carbonyl (C=O) groups is 1. The first-order chi connectivity index (χ1) is 16.5. The Kier molecular flexibility index (Phi) is 9.06. The first-order valence-electron chi connectivity index (χ1n) is 12.5. The van der Waals surface area contributed by atoms with Gasteiger partial charge < -0.3 is 15.2 Å². The first-order valence-corrected chi connectivity index (χ1v) is 14.6. The van der Waals surface area contributed by atoms with Crippen LogP contribution in [0.25, 0.3) is 0 Å². The van der Waals surface area contributed by atoms with Gasteiger partial charge in [0.05, 0.1) is 0 Å². The van der Waals surface area contributed by atoms with Crippen molar-refractivity contribution in [3.05, 3.63) is 64.2 Å². The average molecular weight is 518 g/mol. The maximum absolute atomic E-state index is 12.6. The molecular weight excluding hydrogens is 474 g/mol. The summed E-state index contributed by atoms with van der Waals surface area (Å²) in [4.78, 5) is 12.6. The van der Waals surface area contributed by atoms with Crippen molar-refractivity contribution < 1.29 is 23.1 Å². The number of benzene rings is 2. The van der Waals surface area contributed by atoms with Crippen LogP contribution < -0.4 is 10.1 Å². The Bertz CT molecular complexity index is 1190. The first kappa shape index (κ1) is 29.8. The third kappa shape index (κ3) is 6.68. The van der Waals surface area contributed by atoms with Crippen LogP contribution >= 0.6 is 0 Å². The molecule has 6 nitrogen and oxygen atoms in total. The van der Waals surface area contributed by atoms with E-state index < -0.39 is 21.3 Å². The van der Waals surface area contributed by atoms with E-state index in [0.29, 0.717) is 5.56 Å². The highest BCUT2D eigenvalue weighted by molar-refractivity contribution is 7.90. The van der Waals surface area contributed by atoms with Crippen molar-refractivity contribution in [2.24, 2.45) is 5.41 Å². The predicted molar refractivity (Wildman–Crippen MR) is 146 cm³/mol. The van der Waals surface area contributed by atoms with E-state index in [4.69, 9.17) is 4.74 Å². The molecule has 7 heteroatoms. The normalized spacial score (nSPS) is 14.3. The van der Waals surface area contributed by atoms with E-state index in [9.17, 15) is 18.3 Å². The summed E-state index contributed by atoms with van der Waals surface area (Å²) in [5.74, 6) is -0.0373. The molecule has 0 saturated heterocycles. The molecule has 1 unspecified atom stereocenters. The number of aliphatic hydroxyl groups is 1. The topological polar surface area (TPSA) is 92.7 Å². The Morgan fingerprint density at radius 2 is 1.47 bits per heavy atom.